The van der Waals surface area contributed by atoms with E-state index in [1.807, 2.05) is 17.0 Å². The van der Waals surface area contributed by atoms with Crippen molar-refractivity contribution in [3.05, 3.63) is 17.7 Å². The molecule has 1 aromatic carbocycles. The first-order valence-electron chi connectivity index (χ1n) is 9.27. The van der Waals surface area contributed by atoms with Crippen molar-refractivity contribution >= 4 is 11.9 Å². The summed E-state index contributed by atoms with van der Waals surface area (Å²) in [6.07, 6.45) is 2.29. The molecule has 0 spiro atoms. The lowest BCUT2D eigenvalue weighted by atomic mass is 9.96. The summed E-state index contributed by atoms with van der Waals surface area (Å²) in [5.41, 5.74) is 0.944. The van der Waals surface area contributed by atoms with E-state index in [2.05, 4.69) is 0 Å². The van der Waals surface area contributed by atoms with Gasteiger partial charge in [-0.1, -0.05) is 0 Å². The van der Waals surface area contributed by atoms with Gasteiger partial charge < -0.3 is 23.8 Å². The first-order valence-corrected chi connectivity index (χ1v) is 9.27. The normalized spacial score (nSPS) is 14.6. The van der Waals surface area contributed by atoms with Crippen LogP contribution in [0.5, 0.6) is 17.2 Å². The smallest absolute Gasteiger partial charge is 0.309 e. The summed E-state index contributed by atoms with van der Waals surface area (Å²) >= 11 is 0. The molecule has 7 nitrogen and oxygen atoms in total. The predicted molar refractivity (Wildman–Crippen MR) is 100 cm³/mol. The van der Waals surface area contributed by atoms with Crippen molar-refractivity contribution in [2.45, 2.75) is 32.6 Å². The Kier molecular flexibility index (Phi) is 7.76. The van der Waals surface area contributed by atoms with E-state index >= 15 is 0 Å². The number of aryl methyl sites for hydroxylation is 1. The molecule has 1 aliphatic heterocycles. The van der Waals surface area contributed by atoms with Gasteiger partial charge in [0.1, 0.15) is 0 Å². The van der Waals surface area contributed by atoms with Crippen LogP contribution in [0.1, 0.15) is 31.7 Å². The van der Waals surface area contributed by atoms with Crippen molar-refractivity contribution in [2.24, 2.45) is 5.92 Å². The van der Waals surface area contributed by atoms with Gasteiger partial charge in [-0.3, -0.25) is 9.59 Å². The van der Waals surface area contributed by atoms with E-state index in [-0.39, 0.29) is 17.8 Å². The first kappa shape index (κ1) is 20.9. The van der Waals surface area contributed by atoms with Crippen molar-refractivity contribution in [1.29, 1.82) is 0 Å². The number of carbonyl (C=O) groups is 2. The fraction of sp³-hybridized carbons (Fsp3) is 0.600. The molecule has 0 aromatic heterocycles. The number of likely N-dealkylation sites (tertiary alicyclic amines) is 1. The number of benzene rings is 1. The molecule has 1 aromatic rings. The maximum absolute atomic E-state index is 12.5. The molecule has 1 amide bonds. The average Bonchev–Trinajstić information content (AvgIpc) is 2.71. The number of piperidine rings is 1. The number of esters is 1. The van der Waals surface area contributed by atoms with Gasteiger partial charge in [-0.05, 0) is 43.9 Å². The molecule has 150 valence electrons. The Bertz CT molecular complexity index is 627. The lowest BCUT2D eigenvalue weighted by molar-refractivity contribution is -0.151. The quantitative estimate of drug-likeness (QED) is 0.646. The maximum atomic E-state index is 12.5. The highest BCUT2D eigenvalue weighted by atomic mass is 16.5. The van der Waals surface area contributed by atoms with Crippen LogP contribution in [0.3, 0.4) is 0 Å². The molecule has 0 N–H and O–H groups in total. The minimum atomic E-state index is -0.151. The van der Waals surface area contributed by atoms with Gasteiger partial charge in [-0.15, -0.1) is 0 Å². The van der Waals surface area contributed by atoms with E-state index < -0.39 is 0 Å². The number of rotatable bonds is 8. The van der Waals surface area contributed by atoms with Crippen LogP contribution >= 0.6 is 0 Å². The van der Waals surface area contributed by atoms with Crippen molar-refractivity contribution in [3.63, 3.8) is 0 Å². The lowest BCUT2D eigenvalue weighted by Crippen LogP contribution is -2.40. The average molecular weight is 379 g/mol. The van der Waals surface area contributed by atoms with E-state index in [0.29, 0.717) is 62.6 Å². The van der Waals surface area contributed by atoms with Crippen molar-refractivity contribution in [2.75, 3.05) is 41.0 Å². The van der Waals surface area contributed by atoms with E-state index in [9.17, 15) is 9.59 Å². The lowest BCUT2D eigenvalue weighted by Gasteiger charge is -2.31. The number of amides is 1. The summed E-state index contributed by atoms with van der Waals surface area (Å²) in [7, 11) is 4.70. The number of methoxy groups -OCH3 is 3. The Morgan fingerprint density at radius 3 is 2.11 bits per heavy atom. The molecule has 0 saturated carbocycles. The van der Waals surface area contributed by atoms with Crippen LogP contribution < -0.4 is 14.2 Å². The Hall–Kier alpha value is -2.44. The second kappa shape index (κ2) is 10.0. The summed E-state index contributed by atoms with van der Waals surface area (Å²) in [6.45, 7) is 3.39. The summed E-state index contributed by atoms with van der Waals surface area (Å²) < 4.78 is 21.1. The van der Waals surface area contributed by atoms with E-state index in [4.69, 9.17) is 18.9 Å². The topological polar surface area (TPSA) is 74.3 Å². The highest BCUT2D eigenvalue weighted by Gasteiger charge is 2.28. The molecule has 0 atom stereocenters. The third-order valence-electron chi connectivity index (χ3n) is 4.82. The number of carbonyl (C=O) groups excluding carboxylic acids is 2. The van der Waals surface area contributed by atoms with E-state index in [0.717, 1.165) is 5.56 Å². The van der Waals surface area contributed by atoms with E-state index in [1.165, 1.54) is 0 Å². The van der Waals surface area contributed by atoms with Crippen LogP contribution in [0.15, 0.2) is 12.1 Å². The summed E-state index contributed by atoms with van der Waals surface area (Å²) in [5, 5.41) is 0. The SMILES string of the molecule is CCOC(=O)C1CCN(C(=O)CCc2cc(OC)c(OC)c(OC)c2)CC1. The fourth-order valence-corrected chi connectivity index (χ4v) is 3.31. The predicted octanol–water partition coefficient (Wildman–Crippen LogP) is 2.45. The largest absolute Gasteiger partial charge is 0.493 e. The molecule has 0 bridgehead atoms. The maximum Gasteiger partial charge on any atom is 0.309 e. The van der Waals surface area contributed by atoms with Gasteiger partial charge in [-0.2, -0.15) is 0 Å². The monoisotopic (exact) mass is 379 g/mol. The summed E-state index contributed by atoms with van der Waals surface area (Å²) in [6, 6.07) is 3.73. The molecule has 1 saturated heterocycles. The Morgan fingerprint density at radius 2 is 1.63 bits per heavy atom. The molecule has 7 heteroatoms. The molecule has 0 unspecified atom stereocenters. The molecule has 1 aliphatic rings. The van der Waals surface area contributed by atoms with Crippen LogP contribution in [0, 0.1) is 5.92 Å². The first-order chi connectivity index (χ1) is 13.0. The van der Waals surface area contributed by atoms with Crippen LogP contribution in [0.4, 0.5) is 0 Å². The number of hydrogen-bond donors (Lipinski definition) is 0. The third kappa shape index (κ3) is 5.28. The zero-order valence-corrected chi connectivity index (χ0v) is 16.6. The highest BCUT2D eigenvalue weighted by Crippen LogP contribution is 2.38. The van der Waals surface area contributed by atoms with Crippen LogP contribution in [0.25, 0.3) is 0 Å². The molecule has 0 radical (unpaired) electrons. The van der Waals surface area contributed by atoms with E-state index in [1.54, 1.807) is 28.3 Å². The molecule has 2 rings (SSSR count). The van der Waals surface area contributed by atoms with Crippen LogP contribution in [0.2, 0.25) is 0 Å². The number of ether oxygens (including phenoxy) is 4. The van der Waals surface area contributed by atoms with Gasteiger partial charge >= 0.3 is 5.97 Å². The molecule has 0 aliphatic carbocycles. The Morgan fingerprint density at radius 1 is 1.04 bits per heavy atom. The summed E-state index contributed by atoms with van der Waals surface area (Å²) in [4.78, 5) is 26.2. The molecule has 27 heavy (non-hydrogen) atoms. The zero-order chi connectivity index (χ0) is 19.8. The molecular formula is C20H29NO6. The standard InChI is InChI=1S/C20H29NO6/c1-5-27-20(23)15-8-10-21(11-9-15)18(22)7-6-14-12-16(24-2)19(26-4)17(13-14)25-3/h12-13,15H,5-11H2,1-4H3. The van der Waals surface area contributed by atoms with Gasteiger partial charge in [0.25, 0.3) is 0 Å². The van der Waals surface area contributed by atoms with Crippen LogP contribution in [-0.4, -0.2) is 57.8 Å². The van der Waals surface area contributed by atoms with Gasteiger partial charge in [0.05, 0.1) is 33.9 Å². The molecule has 1 fully saturated rings. The second-order valence-corrected chi connectivity index (χ2v) is 6.44. The highest BCUT2D eigenvalue weighted by molar-refractivity contribution is 5.77. The minimum absolute atomic E-state index is 0.0889. The van der Waals surface area contributed by atoms with Gasteiger partial charge in [0.15, 0.2) is 11.5 Å². The fourth-order valence-electron chi connectivity index (χ4n) is 3.31. The van der Waals surface area contributed by atoms with Gasteiger partial charge in [0, 0.05) is 19.5 Å². The summed E-state index contributed by atoms with van der Waals surface area (Å²) in [5.74, 6) is 1.54. The number of nitrogens with zero attached hydrogens (tertiary/aromatic N) is 1. The van der Waals surface area contributed by atoms with Crippen LogP contribution in [-0.2, 0) is 20.7 Å². The van der Waals surface area contributed by atoms with Gasteiger partial charge in [-0.25, -0.2) is 0 Å². The molecular weight excluding hydrogens is 350 g/mol. The number of hydrogen-bond acceptors (Lipinski definition) is 6. The van der Waals surface area contributed by atoms with Gasteiger partial charge in [0.2, 0.25) is 11.7 Å². The third-order valence-corrected chi connectivity index (χ3v) is 4.82. The second-order valence-electron chi connectivity index (χ2n) is 6.44. The van der Waals surface area contributed by atoms with Crippen molar-refractivity contribution < 1.29 is 28.5 Å². The Labute approximate surface area is 160 Å². The van der Waals surface area contributed by atoms with Crippen molar-refractivity contribution in [3.8, 4) is 17.2 Å². The van der Waals surface area contributed by atoms with Crippen molar-refractivity contribution in [1.82, 2.24) is 4.90 Å². The zero-order valence-electron chi connectivity index (χ0n) is 16.6. The minimum Gasteiger partial charge on any atom is -0.493 e. The molecule has 1 heterocycles. The Balaban J connectivity index is 1.92.